The van der Waals surface area contributed by atoms with Crippen molar-refractivity contribution in [1.29, 1.82) is 0 Å². The number of hydrogen-bond acceptors (Lipinski definition) is 8. The van der Waals surface area contributed by atoms with E-state index in [2.05, 4.69) is 25.3 Å². The first-order chi connectivity index (χ1) is 24.3. The van der Waals surface area contributed by atoms with Crippen LogP contribution in [0.15, 0.2) is 103 Å². The predicted octanol–water partition coefficient (Wildman–Crippen LogP) is 5.07. The third-order valence-electron chi connectivity index (χ3n) is 8.51. The van der Waals surface area contributed by atoms with Crippen LogP contribution in [-0.2, 0) is 0 Å². The van der Waals surface area contributed by atoms with Gasteiger partial charge < -0.3 is 21.0 Å². The number of imidazole rings is 2. The van der Waals surface area contributed by atoms with E-state index < -0.39 is 11.7 Å². The SMILES string of the molecule is NC(=Cc1ccc(C=C(NC(=O)c2ccccc2)c2nc3c([nH]2)C(=O)c2ccccc2C3=O)cc1)c1nc2c([nH]1)C(=O)c1ccccc1C2=O. The zero-order valence-corrected chi connectivity index (χ0v) is 26.0. The Hall–Kier alpha value is -7.27. The molecule has 6 aromatic rings. The minimum Gasteiger partial charge on any atom is -0.396 e. The van der Waals surface area contributed by atoms with E-state index in [1.807, 2.05) is 0 Å². The molecule has 4 aromatic carbocycles. The first kappa shape index (κ1) is 30.1. The van der Waals surface area contributed by atoms with E-state index in [1.54, 1.807) is 115 Å². The van der Waals surface area contributed by atoms with Crippen LogP contribution in [0.1, 0.15) is 97.3 Å². The van der Waals surface area contributed by atoms with Crippen molar-refractivity contribution in [3.05, 3.63) is 176 Å². The quantitative estimate of drug-likeness (QED) is 0.191. The highest BCUT2D eigenvalue weighted by Crippen LogP contribution is 2.29. The van der Waals surface area contributed by atoms with Gasteiger partial charge in [-0.25, -0.2) is 9.97 Å². The molecule has 8 rings (SSSR count). The number of H-pyrrole nitrogens is 2. The van der Waals surface area contributed by atoms with E-state index in [0.717, 1.165) is 0 Å². The predicted molar refractivity (Wildman–Crippen MR) is 184 cm³/mol. The van der Waals surface area contributed by atoms with Crippen LogP contribution in [0.4, 0.5) is 0 Å². The molecule has 0 spiro atoms. The fraction of sp³-hybridized carbons (Fsp3) is 0. The number of hydrogen-bond donors (Lipinski definition) is 4. The van der Waals surface area contributed by atoms with E-state index in [0.29, 0.717) is 27.8 Å². The van der Waals surface area contributed by atoms with Gasteiger partial charge in [0.2, 0.25) is 23.1 Å². The summed E-state index contributed by atoms with van der Waals surface area (Å²) in [5.74, 6) is -1.54. The number of carbonyl (C=O) groups is 5. The molecule has 0 saturated carbocycles. The fourth-order valence-electron chi connectivity index (χ4n) is 6.00. The maximum Gasteiger partial charge on any atom is 0.255 e. The molecule has 2 aromatic heterocycles. The summed E-state index contributed by atoms with van der Waals surface area (Å²) in [5, 5.41) is 2.87. The van der Waals surface area contributed by atoms with Crippen LogP contribution >= 0.6 is 0 Å². The van der Waals surface area contributed by atoms with Crippen molar-refractivity contribution >= 4 is 52.6 Å². The van der Waals surface area contributed by atoms with Crippen LogP contribution in [0.3, 0.4) is 0 Å². The highest BCUT2D eigenvalue weighted by atomic mass is 16.2. The van der Waals surface area contributed by atoms with Crippen LogP contribution in [0, 0.1) is 0 Å². The van der Waals surface area contributed by atoms with Crippen molar-refractivity contribution < 1.29 is 24.0 Å². The van der Waals surface area contributed by atoms with Gasteiger partial charge in [0.25, 0.3) is 5.91 Å². The molecule has 0 bridgehead atoms. The van der Waals surface area contributed by atoms with Crippen molar-refractivity contribution in [1.82, 2.24) is 25.3 Å². The molecule has 2 heterocycles. The smallest absolute Gasteiger partial charge is 0.255 e. The Morgan fingerprint density at radius 2 is 1.00 bits per heavy atom. The molecule has 0 saturated heterocycles. The molecular formula is C39H24N6O5. The van der Waals surface area contributed by atoms with Gasteiger partial charge in [0.1, 0.15) is 22.8 Å². The summed E-state index contributed by atoms with van der Waals surface area (Å²) in [6.07, 6.45) is 3.31. The molecule has 0 aliphatic heterocycles. The molecule has 0 unspecified atom stereocenters. The van der Waals surface area contributed by atoms with Gasteiger partial charge >= 0.3 is 0 Å². The largest absolute Gasteiger partial charge is 0.396 e. The molecule has 5 N–H and O–H groups in total. The minimum atomic E-state index is -0.416. The van der Waals surface area contributed by atoms with Gasteiger partial charge in [0.05, 0.1) is 11.4 Å². The third kappa shape index (κ3) is 5.06. The van der Waals surface area contributed by atoms with Crippen LogP contribution in [0.25, 0.3) is 23.5 Å². The lowest BCUT2D eigenvalue weighted by molar-refractivity contribution is 0.0972. The first-order valence-corrected chi connectivity index (χ1v) is 15.5. The van der Waals surface area contributed by atoms with E-state index in [9.17, 15) is 24.0 Å². The maximum atomic E-state index is 13.3. The summed E-state index contributed by atoms with van der Waals surface area (Å²) in [6.45, 7) is 0. The molecule has 0 radical (unpaired) electrons. The van der Waals surface area contributed by atoms with E-state index in [4.69, 9.17) is 5.73 Å². The number of nitrogens with one attached hydrogen (secondary N) is 3. The molecule has 11 heteroatoms. The van der Waals surface area contributed by atoms with E-state index in [-0.39, 0.29) is 74.3 Å². The average Bonchev–Trinajstić information content (AvgIpc) is 3.81. The summed E-state index contributed by atoms with van der Waals surface area (Å²) in [4.78, 5) is 80.5. The number of benzene rings is 4. The topological polar surface area (TPSA) is 181 Å². The second-order valence-corrected chi connectivity index (χ2v) is 11.7. The number of nitrogens with two attached hydrogens (primary N) is 1. The Balaban J connectivity index is 1.11. The Kier molecular flexibility index (Phi) is 7.08. The Labute approximate surface area is 283 Å². The monoisotopic (exact) mass is 656 g/mol. The van der Waals surface area contributed by atoms with Crippen molar-refractivity contribution in [2.24, 2.45) is 5.73 Å². The van der Waals surface area contributed by atoms with Crippen molar-refractivity contribution in [3.63, 3.8) is 0 Å². The Morgan fingerprint density at radius 1 is 0.560 bits per heavy atom. The number of rotatable bonds is 6. The lowest BCUT2D eigenvalue weighted by Gasteiger charge is -2.11. The molecule has 0 atom stereocenters. The van der Waals surface area contributed by atoms with Gasteiger partial charge in [-0.15, -0.1) is 0 Å². The highest BCUT2D eigenvalue weighted by molar-refractivity contribution is 6.28. The summed E-state index contributed by atoms with van der Waals surface area (Å²) in [5.41, 5.74) is 9.84. The number of nitrogens with zero attached hydrogens (tertiary/aromatic N) is 2. The molecule has 2 aliphatic carbocycles. The zero-order valence-electron chi connectivity index (χ0n) is 26.0. The molecule has 11 nitrogen and oxygen atoms in total. The molecule has 240 valence electrons. The van der Waals surface area contributed by atoms with Crippen molar-refractivity contribution in [2.75, 3.05) is 0 Å². The number of aromatic amines is 2. The van der Waals surface area contributed by atoms with Gasteiger partial charge in [0.15, 0.2) is 11.6 Å². The third-order valence-corrected chi connectivity index (χ3v) is 8.51. The van der Waals surface area contributed by atoms with Gasteiger partial charge in [-0.2, -0.15) is 0 Å². The molecule has 50 heavy (non-hydrogen) atoms. The van der Waals surface area contributed by atoms with E-state index in [1.165, 1.54) is 0 Å². The van der Waals surface area contributed by atoms with Crippen molar-refractivity contribution in [2.45, 2.75) is 0 Å². The number of carbonyl (C=O) groups excluding carboxylic acids is 5. The van der Waals surface area contributed by atoms with Gasteiger partial charge in [0, 0.05) is 27.8 Å². The minimum absolute atomic E-state index is 0.0218. The second kappa shape index (κ2) is 11.8. The summed E-state index contributed by atoms with van der Waals surface area (Å²) >= 11 is 0. The van der Waals surface area contributed by atoms with Crippen LogP contribution < -0.4 is 11.1 Å². The maximum absolute atomic E-state index is 13.3. The number of fused-ring (bicyclic) bond motifs is 4. The van der Waals surface area contributed by atoms with Gasteiger partial charge in [-0.05, 0) is 35.4 Å². The van der Waals surface area contributed by atoms with Crippen LogP contribution in [0.5, 0.6) is 0 Å². The second-order valence-electron chi connectivity index (χ2n) is 11.7. The standard InChI is InChI=1S/C39H24N6O5/c40-27(37-42-29-30(43-37)34(47)24-11-5-4-10-23(24)33(29)46)18-20-14-16-21(17-15-20)19-28(41-39(50)22-8-2-1-3-9-22)38-44-31-32(45-38)36(49)26-13-7-6-12-25(26)35(31)48/h1-19H,40H2,(H,41,50)(H,42,43)(H,44,45). The van der Waals surface area contributed by atoms with Crippen molar-refractivity contribution in [3.8, 4) is 0 Å². The average molecular weight is 657 g/mol. The highest BCUT2D eigenvalue weighted by Gasteiger charge is 2.34. The molecule has 2 aliphatic rings. The van der Waals surface area contributed by atoms with Gasteiger partial charge in [-0.3, -0.25) is 24.0 Å². The number of ketones is 4. The molecule has 0 fully saturated rings. The lowest BCUT2D eigenvalue weighted by atomic mass is 9.90. The first-order valence-electron chi connectivity index (χ1n) is 15.5. The summed E-state index contributed by atoms with van der Waals surface area (Å²) in [6, 6.07) is 28.8. The number of amides is 1. The zero-order chi connectivity index (χ0) is 34.5. The number of aromatic nitrogens is 4. The van der Waals surface area contributed by atoms with Crippen LogP contribution in [-0.4, -0.2) is 49.0 Å². The summed E-state index contributed by atoms with van der Waals surface area (Å²) < 4.78 is 0. The lowest BCUT2D eigenvalue weighted by Crippen LogP contribution is -2.22. The van der Waals surface area contributed by atoms with E-state index >= 15 is 0 Å². The Bertz CT molecular complexity index is 2400. The van der Waals surface area contributed by atoms with Crippen LogP contribution in [0.2, 0.25) is 0 Å². The Morgan fingerprint density at radius 3 is 1.54 bits per heavy atom. The molecule has 1 amide bonds. The van der Waals surface area contributed by atoms with Gasteiger partial charge in [-0.1, -0.05) is 91.0 Å². The fourth-order valence-corrected chi connectivity index (χ4v) is 6.00. The normalized spacial score (nSPS) is 13.8. The molecular weight excluding hydrogens is 632 g/mol. The summed E-state index contributed by atoms with van der Waals surface area (Å²) in [7, 11) is 0.